The zero-order valence-electron chi connectivity index (χ0n) is 10.3. The number of fused-ring (bicyclic) bond motifs is 2. The third-order valence-electron chi connectivity index (χ3n) is 4.50. The maximum atomic E-state index is 6.00. The molecule has 1 aromatic heterocycles. The van der Waals surface area contributed by atoms with E-state index in [1.807, 2.05) is 6.07 Å². The van der Waals surface area contributed by atoms with Gasteiger partial charge in [0.25, 0.3) is 0 Å². The van der Waals surface area contributed by atoms with Gasteiger partial charge in [-0.3, -0.25) is 0 Å². The molecule has 0 radical (unpaired) electrons. The van der Waals surface area contributed by atoms with Gasteiger partial charge >= 0.3 is 0 Å². The Morgan fingerprint density at radius 3 is 2.50 bits per heavy atom. The third-order valence-corrected chi connectivity index (χ3v) is 4.50. The molecule has 1 aromatic carbocycles. The molecule has 2 nitrogen and oxygen atoms in total. The smallest absolute Gasteiger partial charge is 0.134 e. The molecule has 2 fully saturated rings. The van der Waals surface area contributed by atoms with Gasteiger partial charge in [0.05, 0.1) is 0 Å². The normalized spacial score (nSPS) is 30.3. The third kappa shape index (κ3) is 1.84. The quantitative estimate of drug-likeness (QED) is 0.851. The molecule has 3 heteroatoms. The van der Waals surface area contributed by atoms with Crippen molar-refractivity contribution in [3.8, 4) is 0 Å². The molecule has 18 heavy (non-hydrogen) atoms. The highest BCUT2D eigenvalue weighted by molar-refractivity contribution is 5.85. The van der Waals surface area contributed by atoms with Crippen LogP contribution in [0.5, 0.6) is 0 Å². The van der Waals surface area contributed by atoms with Crippen LogP contribution in [0.2, 0.25) is 0 Å². The first-order valence-corrected chi connectivity index (χ1v) is 6.59. The topological polar surface area (TPSA) is 25.2 Å². The number of benzene rings is 1. The summed E-state index contributed by atoms with van der Waals surface area (Å²) in [6.07, 6.45) is 2.61. The lowest BCUT2D eigenvalue weighted by Crippen LogP contribution is -2.11. The van der Waals surface area contributed by atoms with Gasteiger partial charge in [-0.05, 0) is 49.9 Å². The molecule has 0 bridgehead atoms. The van der Waals surface area contributed by atoms with Gasteiger partial charge < -0.3 is 9.73 Å². The van der Waals surface area contributed by atoms with E-state index in [0.717, 1.165) is 17.4 Å². The number of para-hydroxylation sites is 1. The highest BCUT2D eigenvalue weighted by Crippen LogP contribution is 2.45. The molecular weight excluding hydrogens is 246 g/mol. The Kier molecular flexibility index (Phi) is 3.08. The number of hydrogen-bond acceptors (Lipinski definition) is 2. The van der Waals surface area contributed by atoms with Crippen molar-refractivity contribution >= 4 is 23.4 Å². The summed E-state index contributed by atoms with van der Waals surface area (Å²) in [6, 6.07) is 10.6. The van der Waals surface area contributed by atoms with E-state index in [1.165, 1.54) is 37.1 Å². The molecule has 2 aliphatic rings. The number of hydrogen-bond donors (Lipinski definition) is 1. The predicted molar refractivity (Wildman–Crippen MR) is 75.3 cm³/mol. The molecule has 0 spiro atoms. The fourth-order valence-corrected chi connectivity index (χ4v) is 3.60. The molecule has 4 rings (SSSR count). The van der Waals surface area contributed by atoms with E-state index in [-0.39, 0.29) is 12.4 Å². The van der Waals surface area contributed by atoms with Crippen LogP contribution in [0, 0.1) is 11.8 Å². The minimum Gasteiger partial charge on any atom is -0.461 e. The van der Waals surface area contributed by atoms with Gasteiger partial charge in [0, 0.05) is 11.3 Å². The Labute approximate surface area is 113 Å². The molecule has 2 unspecified atom stereocenters. The van der Waals surface area contributed by atoms with Gasteiger partial charge in [0.15, 0.2) is 0 Å². The van der Waals surface area contributed by atoms with Gasteiger partial charge in [-0.1, -0.05) is 18.2 Å². The van der Waals surface area contributed by atoms with E-state index >= 15 is 0 Å². The van der Waals surface area contributed by atoms with E-state index in [9.17, 15) is 0 Å². The van der Waals surface area contributed by atoms with Crippen molar-refractivity contribution in [3.63, 3.8) is 0 Å². The Morgan fingerprint density at radius 1 is 1.06 bits per heavy atom. The van der Waals surface area contributed by atoms with Gasteiger partial charge in [0.2, 0.25) is 0 Å². The second-order valence-electron chi connectivity index (χ2n) is 5.53. The first-order chi connectivity index (χ1) is 8.40. The lowest BCUT2D eigenvalue weighted by atomic mass is 10.0. The van der Waals surface area contributed by atoms with Crippen molar-refractivity contribution in [1.29, 1.82) is 0 Å². The van der Waals surface area contributed by atoms with E-state index in [1.54, 1.807) is 0 Å². The summed E-state index contributed by atoms with van der Waals surface area (Å²) in [5.74, 6) is 3.63. The number of nitrogens with one attached hydrogen (secondary N) is 1. The van der Waals surface area contributed by atoms with Crippen LogP contribution in [0.4, 0.5) is 0 Å². The second kappa shape index (κ2) is 4.60. The summed E-state index contributed by atoms with van der Waals surface area (Å²) in [7, 11) is 0. The molecule has 1 N–H and O–H groups in total. The van der Waals surface area contributed by atoms with Crippen LogP contribution >= 0.6 is 12.4 Å². The summed E-state index contributed by atoms with van der Waals surface area (Å²) in [6.45, 7) is 2.42. The minimum absolute atomic E-state index is 0. The van der Waals surface area contributed by atoms with E-state index in [2.05, 4.69) is 29.6 Å². The Bertz CT molecular complexity index is 505. The van der Waals surface area contributed by atoms with E-state index in [4.69, 9.17) is 4.42 Å². The van der Waals surface area contributed by atoms with Gasteiger partial charge in [-0.25, -0.2) is 0 Å². The predicted octanol–water partition coefficient (Wildman–Crippen LogP) is 3.57. The number of halogens is 1. The van der Waals surface area contributed by atoms with Gasteiger partial charge in [0.1, 0.15) is 11.3 Å². The molecule has 2 aromatic rings. The highest BCUT2D eigenvalue weighted by atomic mass is 35.5. The summed E-state index contributed by atoms with van der Waals surface area (Å²) in [4.78, 5) is 0. The summed E-state index contributed by atoms with van der Waals surface area (Å²) >= 11 is 0. The lowest BCUT2D eigenvalue weighted by molar-refractivity contribution is 0.473. The summed E-state index contributed by atoms with van der Waals surface area (Å²) < 4.78 is 6.00. The van der Waals surface area contributed by atoms with Crippen LogP contribution in [0.1, 0.15) is 24.5 Å². The largest absolute Gasteiger partial charge is 0.461 e. The molecule has 0 amide bonds. The number of rotatable bonds is 1. The van der Waals surface area contributed by atoms with Crippen molar-refractivity contribution in [1.82, 2.24) is 5.32 Å². The van der Waals surface area contributed by atoms with E-state index < -0.39 is 0 Å². The lowest BCUT2D eigenvalue weighted by Gasteiger charge is -2.07. The minimum atomic E-state index is 0. The number of furan rings is 1. The van der Waals surface area contributed by atoms with Gasteiger partial charge in [-0.15, -0.1) is 12.4 Å². The van der Waals surface area contributed by atoms with Crippen LogP contribution in [-0.2, 0) is 0 Å². The van der Waals surface area contributed by atoms with Crippen LogP contribution in [0.15, 0.2) is 34.7 Å². The SMILES string of the molecule is Cl.c1ccc2oc(C3CC4CNCC4C3)cc2c1. The average Bonchev–Trinajstić information content (AvgIpc) is 3.01. The van der Waals surface area contributed by atoms with Crippen molar-refractivity contribution in [3.05, 3.63) is 36.1 Å². The fraction of sp³-hybridized carbons (Fsp3) is 0.467. The van der Waals surface area contributed by atoms with Crippen LogP contribution in [0.25, 0.3) is 11.0 Å². The molecule has 2 heterocycles. The van der Waals surface area contributed by atoms with Crippen LogP contribution in [0.3, 0.4) is 0 Å². The molecule has 1 saturated carbocycles. The van der Waals surface area contributed by atoms with Crippen molar-refractivity contribution in [2.45, 2.75) is 18.8 Å². The second-order valence-corrected chi connectivity index (χ2v) is 5.53. The molecule has 1 saturated heterocycles. The summed E-state index contributed by atoms with van der Waals surface area (Å²) in [5.41, 5.74) is 1.04. The Morgan fingerprint density at radius 2 is 1.78 bits per heavy atom. The first-order valence-electron chi connectivity index (χ1n) is 6.59. The Hall–Kier alpha value is -0.990. The zero-order valence-corrected chi connectivity index (χ0v) is 11.1. The van der Waals surface area contributed by atoms with Crippen LogP contribution < -0.4 is 5.32 Å². The van der Waals surface area contributed by atoms with Crippen molar-refractivity contribution in [2.75, 3.05) is 13.1 Å². The van der Waals surface area contributed by atoms with Gasteiger partial charge in [-0.2, -0.15) is 0 Å². The standard InChI is InChI=1S/C15H17NO.ClH/c1-2-4-14-10(3-1)7-15(17-14)11-5-12-8-16-9-13(12)6-11;/h1-4,7,11-13,16H,5-6,8-9H2;1H. The van der Waals surface area contributed by atoms with E-state index in [0.29, 0.717) is 5.92 Å². The molecule has 2 atom stereocenters. The summed E-state index contributed by atoms with van der Waals surface area (Å²) in [5, 5.41) is 4.74. The zero-order chi connectivity index (χ0) is 11.2. The Balaban J connectivity index is 0.000001000. The average molecular weight is 264 g/mol. The molecule has 96 valence electrons. The van der Waals surface area contributed by atoms with Crippen molar-refractivity contribution < 1.29 is 4.42 Å². The monoisotopic (exact) mass is 263 g/mol. The molecular formula is C15H18ClNO. The highest BCUT2D eigenvalue weighted by Gasteiger charge is 2.38. The first kappa shape index (κ1) is 12.1. The molecule has 1 aliphatic heterocycles. The van der Waals surface area contributed by atoms with Crippen LogP contribution in [-0.4, -0.2) is 13.1 Å². The van der Waals surface area contributed by atoms with Crippen molar-refractivity contribution in [2.24, 2.45) is 11.8 Å². The maximum Gasteiger partial charge on any atom is 0.134 e. The fourth-order valence-electron chi connectivity index (χ4n) is 3.60. The maximum absolute atomic E-state index is 6.00. The molecule has 1 aliphatic carbocycles.